The number of morpholine rings is 1. The van der Waals surface area contributed by atoms with Crippen LogP contribution in [-0.2, 0) is 4.74 Å². The van der Waals surface area contributed by atoms with E-state index in [4.69, 9.17) is 9.73 Å². The highest BCUT2D eigenvalue weighted by Crippen LogP contribution is 2.26. The number of allylic oxidation sites excluding steroid dienone is 2. The third kappa shape index (κ3) is 3.53. The second-order valence-electron chi connectivity index (χ2n) is 6.95. The summed E-state index contributed by atoms with van der Waals surface area (Å²) in [5.41, 5.74) is 3.61. The number of ether oxygens (including phenoxy) is 1. The molecule has 0 saturated carbocycles. The molecule has 0 bridgehead atoms. The van der Waals surface area contributed by atoms with Gasteiger partial charge in [0.05, 0.1) is 19.3 Å². The first-order valence-corrected chi connectivity index (χ1v) is 9.31. The molecule has 1 aromatic rings. The average molecular weight is 350 g/mol. The lowest BCUT2D eigenvalue weighted by Crippen LogP contribution is -2.41. The Morgan fingerprint density at radius 2 is 1.92 bits per heavy atom. The molecule has 1 aromatic carbocycles. The fraction of sp³-hybridized carbons (Fsp3) is 0.381. The zero-order valence-electron chi connectivity index (χ0n) is 15.5. The van der Waals surface area contributed by atoms with Crippen LogP contribution in [0.1, 0.15) is 13.8 Å². The summed E-state index contributed by atoms with van der Waals surface area (Å²) in [4.78, 5) is 9.60. The summed E-state index contributed by atoms with van der Waals surface area (Å²) in [6.07, 6.45) is 6.65. The highest BCUT2D eigenvalue weighted by atomic mass is 16.5. The van der Waals surface area contributed by atoms with Crippen LogP contribution in [0.25, 0.3) is 0 Å². The lowest BCUT2D eigenvalue weighted by atomic mass is 9.99. The zero-order chi connectivity index (χ0) is 17.9. The van der Waals surface area contributed by atoms with Crippen molar-refractivity contribution >= 4 is 11.5 Å². The summed E-state index contributed by atoms with van der Waals surface area (Å²) in [6, 6.07) is 10.5. The fourth-order valence-electron chi connectivity index (χ4n) is 3.60. The Kier molecular flexibility index (Phi) is 4.80. The van der Waals surface area contributed by atoms with Crippen molar-refractivity contribution in [2.45, 2.75) is 19.9 Å². The Labute approximate surface area is 155 Å². The van der Waals surface area contributed by atoms with E-state index in [0.29, 0.717) is 0 Å². The second-order valence-corrected chi connectivity index (χ2v) is 6.95. The Bertz CT molecular complexity index is 772. The highest BCUT2D eigenvalue weighted by Gasteiger charge is 2.27. The summed E-state index contributed by atoms with van der Waals surface area (Å²) < 4.78 is 5.48. The molecule has 4 rings (SSSR count). The van der Waals surface area contributed by atoms with Crippen LogP contribution in [0.2, 0.25) is 0 Å². The maximum Gasteiger partial charge on any atom is 0.140 e. The van der Waals surface area contributed by atoms with Gasteiger partial charge in [-0.1, -0.05) is 18.2 Å². The third-order valence-corrected chi connectivity index (χ3v) is 4.92. The lowest BCUT2D eigenvalue weighted by Gasteiger charge is -2.36. The van der Waals surface area contributed by atoms with Gasteiger partial charge < -0.3 is 19.9 Å². The van der Waals surface area contributed by atoms with Gasteiger partial charge in [-0.3, -0.25) is 0 Å². The fourth-order valence-corrected chi connectivity index (χ4v) is 3.60. The molecular formula is C21H26N4O. The van der Waals surface area contributed by atoms with Crippen LogP contribution >= 0.6 is 0 Å². The molecule has 0 amide bonds. The van der Waals surface area contributed by atoms with Crippen LogP contribution < -0.4 is 5.32 Å². The Morgan fingerprint density at radius 1 is 1.15 bits per heavy atom. The van der Waals surface area contributed by atoms with Crippen molar-refractivity contribution in [1.29, 1.82) is 0 Å². The third-order valence-electron chi connectivity index (χ3n) is 4.92. The van der Waals surface area contributed by atoms with Crippen LogP contribution in [0.5, 0.6) is 0 Å². The quantitative estimate of drug-likeness (QED) is 0.905. The maximum absolute atomic E-state index is 5.48. The number of fused-ring (bicyclic) bond motifs is 1. The number of aliphatic imine (C=N–C) groups is 1. The molecule has 1 fully saturated rings. The molecule has 136 valence electrons. The minimum atomic E-state index is 0.173. The predicted octanol–water partition coefficient (Wildman–Crippen LogP) is 3.22. The number of para-hydroxylation sites is 1. The standard InChI is InChI=1S/C21H26N4O/c1-16-14-19(17(2)22-18-6-4-3-5-7-18)21-23-20(8-9-25(21)15-16)24-10-12-26-13-11-24/h3-8,14-15,17,22H,9-13H2,1-2H3. The van der Waals surface area contributed by atoms with E-state index in [0.717, 1.165) is 50.2 Å². The molecule has 1 unspecified atom stereocenters. The molecular weight excluding hydrogens is 324 g/mol. The molecule has 3 heterocycles. The van der Waals surface area contributed by atoms with E-state index in [1.165, 1.54) is 11.1 Å². The average Bonchev–Trinajstić information content (AvgIpc) is 2.68. The minimum Gasteiger partial charge on any atom is -0.378 e. The molecule has 0 radical (unpaired) electrons. The number of hydrogen-bond donors (Lipinski definition) is 1. The van der Waals surface area contributed by atoms with Gasteiger partial charge >= 0.3 is 0 Å². The molecule has 1 atom stereocenters. The van der Waals surface area contributed by atoms with Crippen molar-refractivity contribution in [3.8, 4) is 0 Å². The second kappa shape index (κ2) is 7.38. The number of benzene rings is 1. The van der Waals surface area contributed by atoms with E-state index in [-0.39, 0.29) is 6.04 Å². The van der Waals surface area contributed by atoms with E-state index in [9.17, 15) is 0 Å². The number of nitrogens with one attached hydrogen (secondary N) is 1. The van der Waals surface area contributed by atoms with Crippen molar-refractivity contribution in [2.24, 2.45) is 4.99 Å². The molecule has 5 nitrogen and oxygen atoms in total. The van der Waals surface area contributed by atoms with Gasteiger partial charge in [0.25, 0.3) is 0 Å². The highest BCUT2D eigenvalue weighted by molar-refractivity contribution is 6.03. The van der Waals surface area contributed by atoms with Crippen LogP contribution in [0, 0.1) is 0 Å². The first kappa shape index (κ1) is 16.9. The number of hydrogen-bond acceptors (Lipinski definition) is 5. The molecule has 0 aromatic heterocycles. The van der Waals surface area contributed by atoms with Crippen LogP contribution in [0.15, 0.2) is 70.6 Å². The van der Waals surface area contributed by atoms with Gasteiger partial charge in [-0.25, -0.2) is 4.99 Å². The molecule has 5 heteroatoms. The van der Waals surface area contributed by atoms with Gasteiger partial charge in [-0.05, 0) is 43.7 Å². The topological polar surface area (TPSA) is 40.1 Å². The molecule has 3 aliphatic heterocycles. The first-order valence-electron chi connectivity index (χ1n) is 9.31. The Balaban J connectivity index is 1.59. The monoisotopic (exact) mass is 350 g/mol. The number of anilines is 1. The van der Waals surface area contributed by atoms with Gasteiger partial charge in [-0.15, -0.1) is 0 Å². The molecule has 1 N–H and O–H groups in total. The number of nitrogens with zero attached hydrogens (tertiary/aromatic N) is 3. The predicted molar refractivity (Wildman–Crippen MR) is 106 cm³/mol. The molecule has 0 spiro atoms. The van der Waals surface area contributed by atoms with Gasteiger partial charge in [-0.2, -0.15) is 0 Å². The van der Waals surface area contributed by atoms with E-state index < -0.39 is 0 Å². The number of amidine groups is 1. The summed E-state index contributed by atoms with van der Waals surface area (Å²) in [7, 11) is 0. The zero-order valence-corrected chi connectivity index (χ0v) is 15.5. The van der Waals surface area contributed by atoms with E-state index in [2.05, 4.69) is 71.6 Å². The van der Waals surface area contributed by atoms with Gasteiger partial charge in [0.2, 0.25) is 0 Å². The van der Waals surface area contributed by atoms with Crippen molar-refractivity contribution in [3.05, 3.63) is 65.7 Å². The van der Waals surface area contributed by atoms with Gasteiger partial charge in [0, 0.05) is 37.1 Å². The Morgan fingerprint density at radius 3 is 2.69 bits per heavy atom. The maximum atomic E-state index is 5.48. The summed E-state index contributed by atoms with van der Waals surface area (Å²) >= 11 is 0. The summed E-state index contributed by atoms with van der Waals surface area (Å²) in [6.45, 7) is 8.58. The Hall–Kier alpha value is -2.53. The molecule has 0 aliphatic carbocycles. The molecule has 26 heavy (non-hydrogen) atoms. The lowest BCUT2D eigenvalue weighted by molar-refractivity contribution is 0.0527. The van der Waals surface area contributed by atoms with E-state index in [1.807, 2.05) is 6.07 Å². The van der Waals surface area contributed by atoms with Crippen LogP contribution in [-0.4, -0.2) is 54.5 Å². The molecule has 3 aliphatic rings. The SMILES string of the molecule is CC1=CN2CC=C(N3CCOCC3)N=C2C(C(C)Nc2ccccc2)=C1. The normalized spacial score (nSPS) is 21.2. The van der Waals surface area contributed by atoms with Crippen molar-refractivity contribution in [3.63, 3.8) is 0 Å². The van der Waals surface area contributed by atoms with E-state index in [1.54, 1.807) is 0 Å². The first-order chi connectivity index (χ1) is 12.7. The van der Waals surface area contributed by atoms with E-state index >= 15 is 0 Å². The summed E-state index contributed by atoms with van der Waals surface area (Å²) in [5, 5.41) is 3.60. The minimum absolute atomic E-state index is 0.173. The van der Waals surface area contributed by atoms with Gasteiger partial charge in [0.15, 0.2) is 0 Å². The smallest absolute Gasteiger partial charge is 0.140 e. The van der Waals surface area contributed by atoms with Crippen molar-refractivity contribution in [1.82, 2.24) is 9.80 Å². The van der Waals surface area contributed by atoms with Gasteiger partial charge in [0.1, 0.15) is 11.7 Å². The van der Waals surface area contributed by atoms with Crippen LogP contribution in [0.4, 0.5) is 5.69 Å². The largest absolute Gasteiger partial charge is 0.378 e. The molecule has 1 saturated heterocycles. The summed E-state index contributed by atoms with van der Waals surface area (Å²) in [5.74, 6) is 2.13. The van der Waals surface area contributed by atoms with Crippen LogP contribution in [0.3, 0.4) is 0 Å². The number of rotatable bonds is 4. The van der Waals surface area contributed by atoms with Crippen molar-refractivity contribution in [2.75, 3.05) is 38.2 Å². The van der Waals surface area contributed by atoms with Crippen molar-refractivity contribution < 1.29 is 4.74 Å².